The zero-order valence-corrected chi connectivity index (χ0v) is 14.4. The maximum Gasteiger partial charge on any atom is 0.241 e. The first-order valence-corrected chi connectivity index (χ1v) is 8.61. The quantitative estimate of drug-likeness (QED) is 0.825. The van der Waals surface area contributed by atoms with Crippen molar-refractivity contribution in [1.29, 1.82) is 0 Å². The Balaban J connectivity index is 1.63. The lowest BCUT2D eigenvalue weighted by molar-refractivity contribution is -0.118. The molecule has 0 fully saturated rings. The van der Waals surface area contributed by atoms with Crippen LogP contribution in [0.15, 0.2) is 54.6 Å². The summed E-state index contributed by atoms with van der Waals surface area (Å²) in [5.41, 5.74) is 2.69. The molecule has 5 heteroatoms. The molecular weight excluding hydrogens is 314 g/mol. The minimum absolute atomic E-state index is 0.0236. The third-order valence-corrected chi connectivity index (χ3v) is 4.34. The van der Waals surface area contributed by atoms with Crippen molar-refractivity contribution in [2.45, 2.75) is 25.8 Å². The number of rotatable bonds is 5. The minimum atomic E-state index is -0.174. The van der Waals surface area contributed by atoms with Crippen LogP contribution in [0.1, 0.15) is 18.9 Å². The van der Waals surface area contributed by atoms with E-state index >= 15 is 0 Å². The summed E-state index contributed by atoms with van der Waals surface area (Å²) in [7, 11) is 0. The standard InChI is InChI=1S/C20H23N3O2/c1-15-13-19(24)22-17-9-5-6-10-18(17)23(15)20(25)14-21-12-11-16-7-3-2-4-8-16/h2-10,15,21H,11-14H2,1H3,(H,22,24). The third-order valence-electron chi connectivity index (χ3n) is 4.34. The number of hydrogen-bond donors (Lipinski definition) is 2. The van der Waals surface area contributed by atoms with Crippen molar-refractivity contribution in [2.75, 3.05) is 23.3 Å². The average molecular weight is 337 g/mol. The van der Waals surface area contributed by atoms with Crippen molar-refractivity contribution < 1.29 is 9.59 Å². The Morgan fingerprint density at radius 2 is 1.88 bits per heavy atom. The molecule has 1 aliphatic heterocycles. The largest absolute Gasteiger partial charge is 0.324 e. The molecule has 5 nitrogen and oxygen atoms in total. The topological polar surface area (TPSA) is 61.4 Å². The van der Waals surface area contributed by atoms with Gasteiger partial charge in [0.15, 0.2) is 0 Å². The number of carbonyl (C=O) groups excluding carboxylic acids is 2. The summed E-state index contributed by atoms with van der Waals surface area (Å²) in [5, 5.41) is 6.09. The van der Waals surface area contributed by atoms with Gasteiger partial charge in [-0.05, 0) is 37.6 Å². The van der Waals surface area contributed by atoms with Crippen LogP contribution in [0, 0.1) is 0 Å². The Morgan fingerprint density at radius 1 is 1.16 bits per heavy atom. The summed E-state index contributed by atoms with van der Waals surface area (Å²) in [4.78, 5) is 26.5. The molecule has 2 amide bonds. The van der Waals surface area contributed by atoms with E-state index in [2.05, 4.69) is 22.8 Å². The van der Waals surface area contributed by atoms with Gasteiger partial charge in [-0.1, -0.05) is 42.5 Å². The normalized spacial score (nSPS) is 16.8. The summed E-state index contributed by atoms with van der Waals surface area (Å²) < 4.78 is 0. The zero-order valence-electron chi connectivity index (χ0n) is 14.4. The summed E-state index contributed by atoms with van der Waals surface area (Å²) in [6.07, 6.45) is 1.17. The van der Waals surface area contributed by atoms with Crippen molar-refractivity contribution in [2.24, 2.45) is 0 Å². The Hall–Kier alpha value is -2.66. The van der Waals surface area contributed by atoms with Gasteiger partial charge in [0, 0.05) is 12.5 Å². The summed E-state index contributed by atoms with van der Waals surface area (Å²) >= 11 is 0. The van der Waals surface area contributed by atoms with E-state index in [-0.39, 0.29) is 24.4 Å². The van der Waals surface area contributed by atoms with Gasteiger partial charge in [0.05, 0.1) is 17.9 Å². The molecule has 2 aromatic rings. The Bertz CT molecular complexity index is 746. The predicted octanol–water partition coefficient (Wildman–Crippen LogP) is 2.58. The van der Waals surface area contributed by atoms with Gasteiger partial charge in [-0.25, -0.2) is 0 Å². The second-order valence-corrected chi connectivity index (χ2v) is 6.29. The van der Waals surface area contributed by atoms with E-state index in [1.165, 1.54) is 5.56 Å². The first-order chi connectivity index (χ1) is 12.1. The number of fused-ring (bicyclic) bond motifs is 1. The van der Waals surface area contributed by atoms with E-state index in [4.69, 9.17) is 0 Å². The second-order valence-electron chi connectivity index (χ2n) is 6.29. The molecule has 0 saturated heterocycles. The van der Waals surface area contributed by atoms with Crippen LogP contribution < -0.4 is 15.5 Å². The number of nitrogens with one attached hydrogen (secondary N) is 2. The molecule has 2 N–H and O–H groups in total. The number of amides is 2. The second kappa shape index (κ2) is 7.94. The fraction of sp³-hybridized carbons (Fsp3) is 0.300. The summed E-state index contributed by atoms with van der Waals surface area (Å²) in [6.45, 7) is 2.89. The van der Waals surface area contributed by atoms with Crippen LogP contribution in [-0.2, 0) is 16.0 Å². The molecule has 0 spiro atoms. The maximum absolute atomic E-state index is 12.8. The monoisotopic (exact) mass is 337 g/mol. The van der Waals surface area contributed by atoms with Gasteiger partial charge in [-0.2, -0.15) is 0 Å². The van der Waals surface area contributed by atoms with Gasteiger partial charge in [0.25, 0.3) is 0 Å². The molecule has 3 rings (SSSR count). The Labute approximate surface area is 148 Å². The van der Waals surface area contributed by atoms with Crippen molar-refractivity contribution in [3.05, 3.63) is 60.2 Å². The SMILES string of the molecule is CC1CC(=O)Nc2ccccc2N1C(=O)CNCCc1ccccc1. The molecule has 25 heavy (non-hydrogen) atoms. The molecule has 1 atom stereocenters. The maximum atomic E-state index is 12.8. The highest BCUT2D eigenvalue weighted by Gasteiger charge is 2.28. The van der Waals surface area contributed by atoms with Gasteiger partial charge < -0.3 is 15.5 Å². The van der Waals surface area contributed by atoms with Gasteiger partial charge in [-0.3, -0.25) is 9.59 Å². The van der Waals surface area contributed by atoms with E-state index in [9.17, 15) is 9.59 Å². The average Bonchev–Trinajstić information content (AvgIpc) is 2.73. The molecule has 0 aliphatic carbocycles. The van der Waals surface area contributed by atoms with E-state index in [0.29, 0.717) is 12.1 Å². The molecule has 0 radical (unpaired) electrons. The van der Waals surface area contributed by atoms with Crippen molar-refractivity contribution in [3.8, 4) is 0 Å². The van der Waals surface area contributed by atoms with Crippen LogP contribution in [0.25, 0.3) is 0 Å². The van der Waals surface area contributed by atoms with Gasteiger partial charge >= 0.3 is 0 Å². The fourth-order valence-corrected chi connectivity index (χ4v) is 3.13. The number of benzene rings is 2. The lowest BCUT2D eigenvalue weighted by Crippen LogP contribution is -2.44. The molecule has 130 valence electrons. The Morgan fingerprint density at radius 3 is 2.68 bits per heavy atom. The molecule has 0 aromatic heterocycles. The number of nitrogens with zero attached hydrogens (tertiary/aromatic N) is 1. The summed E-state index contributed by atoms with van der Waals surface area (Å²) in [5.74, 6) is -0.0863. The number of para-hydroxylation sites is 2. The minimum Gasteiger partial charge on any atom is -0.324 e. The highest BCUT2D eigenvalue weighted by atomic mass is 16.2. The van der Waals surface area contributed by atoms with Crippen LogP contribution in [0.3, 0.4) is 0 Å². The van der Waals surface area contributed by atoms with E-state index < -0.39 is 0 Å². The molecule has 0 bridgehead atoms. The van der Waals surface area contributed by atoms with Gasteiger partial charge in [0.2, 0.25) is 11.8 Å². The smallest absolute Gasteiger partial charge is 0.241 e. The zero-order chi connectivity index (χ0) is 17.6. The van der Waals surface area contributed by atoms with Crippen LogP contribution >= 0.6 is 0 Å². The van der Waals surface area contributed by atoms with Gasteiger partial charge in [0.1, 0.15) is 0 Å². The Kier molecular flexibility index (Phi) is 5.46. The number of hydrogen-bond acceptors (Lipinski definition) is 3. The molecule has 1 heterocycles. The highest BCUT2D eigenvalue weighted by Crippen LogP contribution is 2.31. The van der Waals surface area contributed by atoms with Crippen LogP contribution in [-0.4, -0.2) is 30.9 Å². The number of anilines is 2. The molecule has 1 aliphatic rings. The first kappa shape index (κ1) is 17.2. The first-order valence-electron chi connectivity index (χ1n) is 8.61. The molecule has 1 unspecified atom stereocenters. The van der Waals surface area contributed by atoms with E-state index in [0.717, 1.165) is 18.7 Å². The lowest BCUT2D eigenvalue weighted by Gasteiger charge is -2.28. The van der Waals surface area contributed by atoms with E-state index in [1.807, 2.05) is 49.4 Å². The fourth-order valence-electron chi connectivity index (χ4n) is 3.13. The third kappa shape index (κ3) is 4.25. The molecule has 0 saturated carbocycles. The molecular formula is C20H23N3O2. The molecule has 2 aromatic carbocycles. The van der Waals surface area contributed by atoms with Crippen LogP contribution in [0.5, 0.6) is 0 Å². The van der Waals surface area contributed by atoms with Gasteiger partial charge in [-0.15, -0.1) is 0 Å². The van der Waals surface area contributed by atoms with Crippen molar-refractivity contribution in [1.82, 2.24) is 5.32 Å². The van der Waals surface area contributed by atoms with Crippen molar-refractivity contribution in [3.63, 3.8) is 0 Å². The lowest BCUT2D eigenvalue weighted by atomic mass is 10.1. The van der Waals surface area contributed by atoms with Crippen LogP contribution in [0.2, 0.25) is 0 Å². The predicted molar refractivity (Wildman–Crippen MR) is 99.7 cm³/mol. The summed E-state index contributed by atoms with van der Waals surface area (Å²) in [6, 6.07) is 17.4. The number of carbonyl (C=O) groups is 2. The van der Waals surface area contributed by atoms with Crippen molar-refractivity contribution >= 4 is 23.2 Å². The van der Waals surface area contributed by atoms with Crippen LogP contribution in [0.4, 0.5) is 11.4 Å². The highest BCUT2D eigenvalue weighted by molar-refractivity contribution is 6.04. The van der Waals surface area contributed by atoms with E-state index in [1.54, 1.807) is 4.90 Å².